The summed E-state index contributed by atoms with van der Waals surface area (Å²) in [4.78, 5) is 24.9. The van der Waals surface area contributed by atoms with Gasteiger partial charge in [-0.3, -0.25) is 9.59 Å². The van der Waals surface area contributed by atoms with Gasteiger partial charge >= 0.3 is 0 Å². The second-order valence-corrected chi connectivity index (χ2v) is 5.81. The molecule has 2 N–H and O–H groups in total. The quantitative estimate of drug-likeness (QED) is 0.867. The first-order valence-corrected chi connectivity index (χ1v) is 8.36. The standard InChI is InChI=1S/C20H20N2O4/c1-14(15-7-3-2-4-8-15)21-19(23)16-9-5-6-10-17(16)22-20(24)18-13-25-11-12-26-18/h2-10,13-14H,11-12H2,1H3,(H,21,23)(H,22,24). The number of hydrogen-bond acceptors (Lipinski definition) is 4. The fourth-order valence-corrected chi connectivity index (χ4v) is 2.56. The van der Waals surface area contributed by atoms with Gasteiger partial charge in [0.2, 0.25) is 5.76 Å². The van der Waals surface area contributed by atoms with E-state index in [0.717, 1.165) is 5.56 Å². The maximum Gasteiger partial charge on any atom is 0.294 e. The molecule has 1 unspecified atom stereocenters. The van der Waals surface area contributed by atoms with Crippen LogP contribution in [0, 0.1) is 0 Å². The summed E-state index contributed by atoms with van der Waals surface area (Å²) in [6.45, 7) is 2.63. The molecule has 0 bridgehead atoms. The van der Waals surface area contributed by atoms with Gasteiger partial charge in [-0.25, -0.2) is 0 Å². The van der Waals surface area contributed by atoms with E-state index < -0.39 is 5.91 Å². The number of ether oxygens (including phenoxy) is 2. The number of benzene rings is 2. The van der Waals surface area contributed by atoms with E-state index in [0.29, 0.717) is 24.5 Å². The van der Waals surface area contributed by atoms with E-state index in [1.165, 1.54) is 6.26 Å². The van der Waals surface area contributed by atoms with Crippen LogP contribution in [0.2, 0.25) is 0 Å². The van der Waals surface area contributed by atoms with Crippen molar-refractivity contribution in [2.45, 2.75) is 13.0 Å². The molecule has 2 amide bonds. The molecule has 1 aliphatic rings. The van der Waals surface area contributed by atoms with Crippen molar-refractivity contribution in [3.63, 3.8) is 0 Å². The molecule has 0 aromatic heterocycles. The summed E-state index contributed by atoms with van der Waals surface area (Å²) in [6, 6.07) is 16.3. The van der Waals surface area contributed by atoms with E-state index in [1.807, 2.05) is 37.3 Å². The molecule has 0 saturated heterocycles. The lowest BCUT2D eigenvalue weighted by Gasteiger charge is -2.18. The van der Waals surface area contributed by atoms with Crippen LogP contribution in [-0.4, -0.2) is 25.0 Å². The molecule has 2 aromatic carbocycles. The van der Waals surface area contributed by atoms with Crippen molar-refractivity contribution in [1.29, 1.82) is 0 Å². The summed E-state index contributed by atoms with van der Waals surface area (Å²) in [6.07, 6.45) is 1.28. The van der Waals surface area contributed by atoms with Crippen LogP contribution in [-0.2, 0) is 14.3 Å². The van der Waals surface area contributed by atoms with Crippen LogP contribution in [0.15, 0.2) is 66.6 Å². The third-order valence-corrected chi connectivity index (χ3v) is 3.94. The van der Waals surface area contributed by atoms with E-state index in [2.05, 4.69) is 10.6 Å². The first-order chi connectivity index (χ1) is 12.6. The van der Waals surface area contributed by atoms with E-state index in [4.69, 9.17) is 9.47 Å². The van der Waals surface area contributed by atoms with Crippen LogP contribution in [0.25, 0.3) is 0 Å². The number of carbonyl (C=O) groups is 2. The van der Waals surface area contributed by atoms with Crippen molar-refractivity contribution in [2.75, 3.05) is 18.5 Å². The third-order valence-electron chi connectivity index (χ3n) is 3.94. The van der Waals surface area contributed by atoms with Gasteiger partial charge in [0, 0.05) is 0 Å². The predicted octanol–water partition coefficient (Wildman–Crippen LogP) is 3.00. The van der Waals surface area contributed by atoms with Gasteiger partial charge in [0.25, 0.3) is 11.8 Å². The molecule has 0 fully saturated rings. The van der Waals surface area contributed by atoms with E-state index in [9.17, 15) is 9.59 Å². The van der Waals surface area contributed by atoms with E-state index in [1.54, 1.807) is 24.3 Å². The lowest BCUT2D eigenvalue weighted by Crippen LogP contribution is -2.28. The number of hydrogen-bond donors (Lipinski definition) is 2. The Hall–Kier alpha value is -3.28. The second-order valence-electron chi connectivity index (χ2n) is 5.81. The molecule has 2 aromatic rings. The summed E-state index contributed by atoms with van der Waals surface area (Å²) in [5.74, 6) is -0.641. The Labute approximate surface area is 151 Å². The third kappa shape index (κ3) is 4.22. The molecule has 6 heteroatoms. The van der Waals surface area contributed by atoms with Gasteiger partial charge in [0.15, 0.2) is 0 Å². The largest absolute Gasteiger partial charge is 0.494 e. The molecular formula is C20H20N2O4. The molecule has 0 spiro atoms. The zero-order valence-corrected chi connectivity index (χ0v) is 14.4. The summed E-state index contributed by atoms with van der Waals surface area (Å²) >= 11 is 0. The highest BCUT2D eigenvalue weighted by Gasteiger charge is 2.19. The first kappa shape index (κ1) is 17.5. The minimum atomic E-state index is -0.457. The van der Waals surface area contributed by atoms with Crippen LogP contribution < -0.4 is 10.6 Å². The van der Waals surface area contributed by atoms with Crippen molar-refractivity contribution >= 4 is 17.5 Å². The summed E-state index contributed by atoms with van der Waals surface area (Å²) in [7, 11) is 0. The van der Waals surface area contributed by atoms with Crippen molar-refractivity contribution in [3.05, 3.63) is 77.7 Å². The Bertz CT molecular complexity index is 818. The molecule has 1 aliphatic heterocycles. The lowest BCUT2D eigenvalue weighted by molar-refractivity contribution is -0.117. The number of para-hydroxylation sites is 1. The van der Waals surface area contributed by atoms with Gasteiger partial charge in [0.1, 0.15) is 19.5 Å². The lowest BCUT2D eigenvalue weighted by atomic mass is 10.1. The van der Waals surface area contributed by atoms with Gasteiger partial charge in [-0.1, -0.05) is 42.5 Å². The molecule has 26 heavy (non-hydrogen) atoms. The predicted molar refractivity (Wildman–Crippen MR) is 97.4 cm³/mol. The van der Waals surface area contributed by atoms with Gasteiger partial charge in [-0.15, -0.1) is 0 Å². The summed E-state index contributed by atoms with van der Waals surface area (Å²) in [5, 5.41) is 5.65. The van der Waals surface area contributed by atoms with Crippen LogP contribution >= 0.6 is 0 Å². The van der Waals surface area contributed by atoms with Crippen molar-refractivity contribution in [1.82, 2.24) is 5.32 Å². The minimum Gasteiger partial charge on any atom is -0.494 e. The first-order valence-electron chi connectivity index (χ1n) is 8.36. The zero-order valence-electron chi connectivity index (χ0n) is 14.4. The van der Waals surface area contributed by atoms with Crippen LogP contribution in [0.4, 0.5) is 5.69 Å². The smallest absolute Gasteiger partial charge is 0.294 e. The molecule has 6 nitrogen and oxygen atoms in total. The van der Waals surface area contributed by atoms with Crippen LogP contribution in [0.3, 0.4) is 0 Å². The average molecular weight is 352 g/mol. The fraction of sp³-hybridized carbons (Fsp3) is 0.200. The maximum absolute atomic E-state index is 12.7. The highest BCUT2D eigenvalue weighted by molar-refractivity contribution is 6.07. The minimum absolute atomic E-state index is 0.0871. The summed E-state index contributed by atoms with van der Waals surface area (Å²) < 4.78 is 10.4. The van der Waals surface area contributed by atoms with Crippen molar-refractivity contribution in [2.24, 2.45) is 0 Å². The monoisotopic (exact) mass is 352 g/mol. The normalized spacial score (nSPS) is 14.3. The Morgan fingerprint density at radius 1 is 0.962 bits per heavy atom. The number of rotatable bonds is 5. The number of carbonyl (C=O) groups excluding carboxylic acids is 2. The molecular weight excluding hydrogens is 332 g/mol. The van der Waals surface area contributed by atoms with Gasteiger partial charge in [-0.2, -0.15) is 0 Å². The number of amides is 2. The Kier molecular flexibility index (Phi) is 5.53. The maximum atomic E-state index is 12.7. The Morgan fingerprint density at radius 3 is 2.42 bits per heavy atom. The van der Waals surface area contributed by atoms with Crippen LogP contribution in [0.1, 0.15) is 28.9 Å². The highest BCUT2D eigenvalue weighted by atomic mass is 16.6. The molecule has 134 valence electrons. The van der Waals surface area contributed by atoms with Gasteiger partial charge in [-0.05, 0) is 24.6 Å². The van der Waals surface area contributed by atoms with Gasteiger partial charge in [0.05, 0.1) is 17.3 Å². The highest BCUT2D eigenvalue weighted by Crippen LogP contribution is 2.19. The average Bonchev–Trinajstić information content (AvgIpc) is 2.69. The molecule has 3 rings (SSSR count). The molecule has 0 radical (unpaired) electrons. The number of anilines is 1. The van der Waals surface area contributed by atoms with E-state index in [-0.39, 0.29) is 17.7 Å². The summed E-state index contributed by atoms with van der Waals surface area (Å²) in [5.41, 5.74) is 1.78. The second kappa shape index (κ2) is 8.20. The molecule has 0 saturated carbocycles. The number of nitrogens with one attached hydrogen (secondary N) is 2. The molecule has 1 heterocycles. The molecule has 0 aliphatic carbocycles. The van der Waals surface area contributed by atoms with E-state index >= 15 is 0 Å². The molecule has 1 atom stereocenters. The SMILES string of the molecule is CC(NC(=O)c1ccccc1NC(=O)C1=COCCO1)c1ccccc1. The van der Waals surface area contributed by atoms with Crippen molar-refractivity contribution < 1.29 is 19.1 Å². The van der Waals surface area contributed by atoms with Crippen molar-refractivity contribution in [3.8, 4) is 0 Å². The Morgan fingerprint density at radius 2 is 1.69 bits per heavy atom. The Balaban J connectivity index is 1.73. The topological polar surface area (TPSA) is 76.7 Å². The van der Waals surface area contributed by atoms with Crippen LogP contribution in [0.5, 0.6) is 0 Å². The van der Waals surface area contributed by atoms with Gasteiger partial charge < -0.3 is 20.1 Å². The zero-order chi connectivity index (χ0) is 18.4. The fourth-order valence-electron chi connectivity index (χ4n) is 2.56.